The highest BCUT2D eigenvalue weighted by atomic mass is 19.3. The van der Waals surface area contributed by atoms with E-state index in [2.05, 4.69) is 0 Å². The van der Waals surface area contributed by atoms with E-state index in [0.717, 1.165) is 0 Å². The van der Waals surface area contributed by atoms with E-state index < -0.39 is 30.5 Å². The molecule has 0 spiro atoms. The van der Waals surface area contributed by atoms with Crippen LogP contribution in [0.5, 0.6) is 0 Å². The second-order valence-corrected chi connectivity index (χ2v) is 3.50. The van der Waals surface area contributed by atoms with E-state index in [1.165, 1.54) is 0 Å². The molecular weight excluding hydrogens is 169 g/mol. The lowest BCUT2D eigenvalue weighted by molar-refractivity contribution is -0.0949. The van der Waals surface area contributed by atoms with Crippen molar-refractivity contribution >= 4 is 0 Å². The molecule has 0 bridgehead atoms. The van der Waals surface area contributed by atoms with Crippen molar-refractivity contribution in [2.45, 2.75) is 44.4 Å². The average molecular weight is 182 g/mol. The maximum Gasteiger partial charge on any atom is 0.266 e. The largest absolute Gasteiger partial charge is 0.384 e. The quantitative estimate of drug-likeness (QED) is 0.693. The van der Waals surface area contributed by atoms with Crippen LogP contribution in [-0.4, -0.2) is 23.3 Å². The highest BCUT2D eigenvalue weighted by molar-refractivity contribution is 4.96. The molecular formula is C8H13F3O. The number of aliphatic hydroxyl groups is 1. The molecule has 4 heteroatoms. The molecule has 1 rings (SSSR count). The van der Waals surface area contributed by atoms with Crippen LogP contribution in [0.15, 0.2) is 0 Å². The molecule has 1 fully saturated rings. The van der Waals surface area contributed by atoms with Gasteiger partial charge in [-0.05, 0) is 12.3 Å². The summed E-state index contributed by atoms with van der Waals surface area (Å²) in [5.41, 5.74) is -2.07. The van der Waals surface area contributed by atoms with Gasteiger partial charge in [-0.15, -0.1) is 0 Å². The number of alkyl halides is 3. The Balaban J connectivity index is 2.63. The lowest BCUT2D eigenvalue weighted by atomic mass is 9.99. The molecule has 0 aliphatic heterocycles. The summed E-state index contributed by atoms with van der Waals surface area (Å²) in [6.07, 6.45) is -4.11. The molecule has 1 saturated carbocycles. The van der Waals surface area contributed by atoms with Crippen LogP contribution < -0.4 is 0 Å². The Hall–Kier alpha value is -0.250. The van der Waals surface area contributed by atoms with Gasteiger partial charge in [-0.25, -0.2) is 13.2 Å². The summed E-state index contributed by atoms with van der Waals surface area (Å²) < 4.78 is 37.3. The molecule has 1 N–H and O–H groups in total. The zero-order valence-corrected chi connectivity index (χ0v) is 6.93. The summed E-state index contributed by atoms with van der Waals surface area (Å²) in [6.45, 7) is 1.74. The minimum absolute atomic E-state index is 0.109. The Labute approximate surface area is 69.6 Å². The third-order valence-electron chi connectivity index (χ3n) is 2.61. The third kappa shape index (κ3) is 1.58. The van der Waals surface area contributed by atoms with Gasteiger partial charge in [-0.3, -0.25) is 0 Å². The van der Waals surface area contributed by atoms with Crippen LogP contribution >= 0.6 is 0 Å². The van der Waals surface area contributed by atoms with Crippen molar-refractivity contribution in [1.82, 2.24) is 0 Å². The predicted octanol–water partition coefficient (Wildman–Crippen LogP) is 2.14. The maximum absolute atomic E-state index is 13.0. The Bertz CT molecular complexity index is 162. The molecule has 3 atom stereocenters. The maximum atomic E-state index is 13.0. The molecule has 12 heavy (non-hydrogen) atoms. The summed E-state index contributed by atoms with van der Waals surface area (Å²) in [4.78, 5) is 0. The molecule has 0 saturated heterocycles. The van der Waals surface area contributed by atoms with Crippen LogP contribution in [0.4, 0.5) is 13.2 Å². The van der Waals surface area contributed by atoms with Crippen molar-refractivity contribution in [3.05, 3.63) is 0 Å². The Morgan fingerprint density at radius 3 is 2.33 bits per heavy atom. The molecule has 0 aromatic rings. The fourth-order valence-electron chi connectivity index (χ4n) is 1.75. The normalized spacial score (nSPS) is 42.5. The minimum Gasteiger partial charge on any atom is -0.384 e. The Kier molecular flexibility index (Phi) is 2.66. The van der Waals surface area contributed by atoms with E-state index in [1.54, 1.807) is 6.92 Å². The van der Waals surface area contributed by atoms with E-state index in [9.17, 15) is 18.3 Å². The number of hydrogen-bond donors (Lipinski definition) is 1. The van der Waals surface area contributed by atoms with Gasteiger partial charge in [-0.2, -0.15) is 0 Å². The lowest BCUT2D eigenvalue weighted by Crippen LogP contribution is -2.34. The van der Waals surface area contributed by atoms with Gasteiger partial charge < -0.3 is 5.11 Å². The van der Waals surface area contributed by atoms with Gasteiger partial charge in [0, 0.05) is 6.42 Å². The van der Waals surface area contributed by atoms with Gasteiger partial charge in [0.05, 0.1) is 0 Å². The minimum atomic E-state index is -2.83. The predicted molar refractivity (Wildman–Crippen MR) is 38.9 cm³/mol. The molecule has 0 unspecified atom stereocenters. The first-order valence-electron chi connectivity index (χ1n) is 4.14. The van der Waals surface area contributed by atoms with Gasteiger partial charge in [0.1, 0.15) is 11.8 Å². The fourth-order valence-corrected chi connectivity index (χ4v) is 1.75. The summed E-state index contributed by atoms with van der Waals surface area (Å²) in [5.74, 6) is -0.399. The first-order valence-corrected chi connectivity index (χ1v) is 4.14. The van der Waals surface area contributed by atoms with Crippen LogP contribution in [0.2, 0.25) is 0 Å². The molecule has 1 aliphatic carbocycles. The molecule has 0 radical (unpaired) electrons. The van der Waals surface area contributed by atoms with E-state index >= 15 is 0 Å². The number of hydrogen-bond acceptors (Lipinski definition) is 1. The van der Waals surface area contributed by atoms with E-state index in [-0.39, 0.29) is 6.42 Å². The Morgan fingerprint density at radius 1 is 1.50 bits per heavy atom. The summed E-state index contributed by atoms with van der Waals surface area (Å²) in [6, 6.07) is 0. The van der Waals surface area contributed by atoms with Crippen LogP contribution in [0.1, 0.15) is 26.2 Å². The van der Waals surface area contributed by atoms with Crippen molar-refractivity contribution in [3.63, 3.8) is 0 Å². The molecule has 0 amide bonds. The zero-order chi connectivity index (χ0) is 9.35. The molecule has 0 heterocycles. The van der Waals surface area contributed by atoms with E-state index in [1.807, 2.05) is 0 Å². The van der Waals surface area contributed by atoms with Gasteiger partial charge in [0.2, 0.25) is 0 Å². The zero-order valence-electron chi connectivity index (χ0n) is 6.93. The Morgan fingerprint density at radius 2 is 2.08 bits per heavy atom. The standard InChI is InChI=1S/C8H13F3O/c1-2-5-3-8(12,7(10)11)4-6(5)9/h5-7,12H,2-4H2,1H3/t5-,6+,8+/m1/s1. The van der Waals surface area contributed by atoms with Crippen molar-refractivity contribution in [2.24, 2.45) is 5.92 Å². The lowest BCUT2D eigenvalue weighted by Gasteiger charge is -2.20. The van der Waals surface area contributed by atoms with Gasteiger partial charge in [-0.1, -0.05) is 13.3 Å². The summed E-state index contributed by atoms with van der Waals surface area (Å²) in [7, 11) is 0. The second kappa shape index (κ2) is 3.24. The van der Waals surface area contributed by atoms with Gasteiger partial charge >= 0.3 is 0 Å². The fraction of sp³-hybridized carbons (Fsp3) is 1.00. The smallest absolute Gasteiger partial charge is 0.266 e. The number of rotatable bonds is 2. The molecule has 72 valence electrons. The van der Waals surface area contributed by atoms with Crippen molar-refractivity contribution in [2.75, 3.05) is 0 Å². The molecule has 1 nitrogen and oxygen atoms in total. The topological polar surface area (TPSA) is 20.2 Å². The van der Waals surface area contributed by atoms with Gasteiger partial charge in [0.25, 0.3) is 6.43 Å². The van der Waals surface area contributed by atoms with Crippen LogP contribution in [-0.2, 0) is 0 Å². The highest BCUT2D eigenvalue weighted by Crippen LogP contribution is 2.41. The van der Waals surface area contributed by atoms with Crippen molar-refractivity contribution in [3.8, 4) is 0 Å². The molecule has 0 aromatic heterocycles. The molecule has 1 aliphatic rings. The summed E-state index contributed by atoms with van der Waals surface area (Å²) >= 11 is 0. The highest BCUT2D eigenvalue weighted by Gasteiger charge is 2.49. The second-order valence-electron chi connectivity index (χ2n) is 3.50. The number of halogens is 3. The first-order chi connectivity index (χ1) is 5.49. The monoisotopic (exact) mass is 182 g/mol. The SMILES string of the molecule is CC[C@@H]1C[C@@](O)(C(F)F)C[C@@H]1F. The van der Waals surface area contributed by atoms with Crippen LogP contribution in [0, 0.1) is 5.92 Å². The molecule has 0 aromatic carbocycles. The summed E-state index contributed by atoms with van der Waals surface area (Å²) in [5, 5.41) is 9.25. The van der Waals surface area contributed by atoms with Gasteiger partial charge in [0.15, 0.2) is 0 Å². The van der Waals surface area contributed by atoms with Crippen LogP contribution in [0.25, 0.3) is 0 Å². The van der Waals surface area contributed by atoms with Crippen molar-refractivity contribution < 1.29 is 18.3 Å². The van der Waals surface area contributed by atoms with Crippen molar-refractivity contribution in [1.29, 1.82) is 0 Å². The van der Waals surface area contributed by atoms with E-state index in [0.29, 0.717) is 6.42 Å². The average Bonchev–Trinajstić information content (AvgIpc) is 2.27. The van der Waals surface area contributed by atoms with Crippen LogP contribution in [0.3, 0.4) is 0 Å². The first kappa shape index (κ1) is 9.84. The third-order valence-corrected chi connectivity index (χ3v) is 2.61. The van der Waals surface area contributed by atoms with E-state index in [4.69, 9.17) is 0 Å².